The van der Waals surface area contributed by atoms with Gasteiger partial charge in [-0.25, -0.2) is 15.0 Å². The summed E-state index contributed by atoms with van der Waals surface area (Å²) in [5, 5.41) is 5.53. The number of ether oxygens (including phenoxy) is 1. The molecule has 8 heteroatoms. The first-order chi connectivity index (χ1) is 16.0. The van der Waals surface area contributed by atoms with E-state index in [1.165, 1.54) is 0 Å². The van der Waals surface area contributed by atoms with Gasteiger partial charge in [0.2, 0.25) is 0 Å². The summed E-state index contributed by atoms with van der Waals surface area (Å²) in [6, 6.07) is 15.3. The highest BCUT2D eigenvalue weighted by molar-refractivity contribution is 6.33. The maximum atomic E-state index is 6.33. The average molecular weight is 482 g/mol. The van der Waals surface area contributed by atoms with E-state index in [1.807, 2.05) is 30.3 Å². The largest absolute Gasteiger partial charge is 0.373 e. The molecular formula is C25H25Cl2N5O. The van der Waals surface area contributed by atoms with Crippen molar-refractivity contribution in [2.75, 3.05) is 18.5 Å². The van der Waals surface area contributed by atoms with Crippen molar-refractivity contribution in [3.8, 4) is 11.4 Å². The average Bonchev–Trinajstić information content (AvgIpc) is 2.79. The first-order valence-corrected chi connectivity index (χ1v) is 11.6. The van der Waals surface area contributed by atoms with Crippen LogP contribution in [0.4, 0.5) is 5.82 Å². The van der Waals surface area contributed by atoms with Crippen molar-refractivity contribution in [1.82, 2.24) is 19.9 Å². The van der Waals surface area contributed by atoms with E-state index in [2.05, 4.69) is 35.2 Å². The normalized spacial score (nSPS) is 11.3. The third kappa shape index (κ3) is 6.16. The van der Waals surface area contributed by atoms with Crippen LogP contribution in [0.1, 0.15) is 25.2 Å². The van der Waals surface area contributed by atoms with Gasteiger partial charge in [-0.1, -0.05) is 49.2 Å². The van der Waals surface area contributed by atoms with Crippen LogP contribution in [-0.4, -0.2) is 33.1 Å². The standard InChI is InChI=1S/C25H25Cl2N5O/c1-16(2)14-33-15-22-31-24(29-12-10-17-5-3-6-18(26)13-17)19-8-9-21(30-25(19)32-22)23-20(27)7-4-11-28-23/h3-9,11,13,16H,10,12,14-15H2,1-2H3,(H,29,30,31,32). The second-order valence-electron chi connectivity index (χ2n) is 8.11. The van der Waals surface area contributed by atoms with E-state index in [9.17, 15) is 0 Å². The minimum atomic E-state index is 0.313. The summed E-state index contributed by atoms with van der Waals surface area (Å²) in [4.78, 5) is 18.5. The Morgan fingerprint density at radius 2 is 1.88 bits per heavy atom. The number of nitrogens with one attached hydrogen (secondary N) is 1. The van der Waals surface area contributed by atoms with Crippen molar-refractivity contribution in [3.63, 3.8) is 0 Å². The Labute approximate surface area is 203 Å². The minimum Gasteiger partial charge on any atom is -0.373 e. The summed E-state index contributed by atoms with van der Waals surface area (Å²) in [5.41, 5.74) is 3.00. The second-order valence-corrected chi connectivity index (χ2v) is 8.95. The molecule has 0 amide bonds. The molecule has 1 N–H and O–H groups in total. The van der Waals surface area contributed by atoms with Crippen molar-refractivity contribution in [2.24, 2.45) is 5.92 Å². The Morgan fingerprint density at radius 3 is 2.67 bits per heavy atom. The van der Waals surface area contributed by atoms with Gasteiger partial charge in [-0.2, -0.15) is 0 Å². The molecule has 0 spiro atoms. The Kier molecular flexibility index (Phi) is 7.70. The highest BCUT2D eigenvalue weighted by atomic mass is 35.5. The molecule has 0 aliphatic carbocycles. The molecule has 4 rings (SSSR count). The van der Waals surface area contributed by atoms with Crippen molar-refractivity contribution in [2.45, 2.75) is 26.9 Å². The molecule has 0 unspecified atom stereocenters. The van der Waals surface area contributed by atoms with E-state index in [4.69, 9.17) is 37.9 Å². The molecule has 170 valence electrons. The topological polar surface area (TPSA) is 72.8 Å². The van der Waals surface area contributed by atoms with E-state index in [1.54, 1.807) is 18.3 Å². The van der Waals surface area contributed by atoms with Gasteiger partial charge in [0.25, 0.3) is 0 Å². The van der Waals surface area contributed by atoms with Crippen LogP contribution in [0.2, 0.25) is 10.0 Å². The summed E-state index contributed by atoms with van der Waals surface area (Å²) < 4.78 is 5.78. The first kappa shape index (κ1) is 23.4. The molecule has 0 aliphatic heterocycles. The zero-order chi connectivity index (χ0) is 23.2. The number of nitrogens with zero attached hydrogens (tertiary/aromatic N) is 4. The zero-order valence-corrected chi connectivity index (χ0v) is 20.1. The van der Waals surface area contributed by atoms with Crippen LogP contribution in [0.3, 0.4) is 0 Å². The number of pyridine rings is 2. The Bertz CT molecular complexity index is 1250. The van der Waals surface area contributed by atoms with Gasteiger partial charge in [0.05, 0.1) is 16.1 Å². The van der Waals surface area contributed by atoms with E-state index >= 15 is 0 Å². The smallest absolute Gasteiger partial charge is 0.165 e. The summed E-state index contributed by atoms with van der Waals surface area (Å²) in [7, 11) is 0. The number of halogens is 2. The molecule has 0 radical (unpaired) electrons. The Morgan fingerprint density at radius 1 is 1.00 bits per heavy atom. The van der Waals surface area contributed by atoms with E-state index in [0.717, 1.165) is 28.2 Å². The van der Waals surface area contributed by atoms with Gasteiger partial charge in [0.1, 0.15) is 18.1 Å². The molecule has 0 aliphatic rings. The van der Waals surface area contributed by atoms with Gasteiger partial charge in [0, 0.05) is 24.4 Å². The molecule has 0 atom stereocenters. The zero-order valence-electron chi connectivity index (χ0n) is 18.6. The Balaban J connectivity index is 1.63. The lowest BCUT2D eigenvalue weighted by Gasteiger charge is -2.12. The molecular weight excluding hydrogens is 457 g/mol. The van der Waals surface area contributed by atoms with Crippen molar-refractivity contribution >= 4 is 40.1 Å². The number of rotatable bonds is 9. The predicted octanol–water partition coefficient (Wildman–Crippen LogP) is 6.22. The highest BCUT2D eigenvalue weighted by Gasteiger charge is 2.13. The highest BCUT2D eigenvalue weighted by Crippen LogP contribution is 2.27. The van der Waals surface area contributed by atoms with Crippen LogP contribution in [0, 0.1) is 5.92 Å². The van der Waals surface area contributed by atoms with Crippen molar-refractivity contribution < 1.29 is 4.74 Å². The fraction of sp³-hybridized carbons (Fsp3) is 0.280. The van der Waals surface area contributed by atoms with Crippen LogP contribution in [0.5, 0.6) is 0 Å². The summed E-state index contributed by atoms with van der Waals surface area (Å²) in [6.07, 6.45) is 2.50. The third-order valence-corrected chi connectivity index (χ3v) is 5.42. The van der Waals surface area contributed by atoms with Gasteiger partial charge in [-0.3, -0.25) is 4.98 Å². The van der Waals surface area contributed by atoms with Crippen molar-refractivity contribution in [3.05, 3.63) is 76.2 Å². The fourth-order valence-electron chi connectivity index (χ4n) is 3.36. The number of hydrogen-bond donors (Lipinski definition) is 1. The molecule has 0 saturated heterocycles. The van der Waals surface area contributed by atoms with Crippen LogP contribution in [-0.2, 0) is 17.8 Å². The van der Waals surface area contributed by atoms with E-state index in [0.29, 0.717) is 53.6 Å². The Hall–Kier alpha value is -2.80. The molecule has 3 heterocycles. The predicted molar refractivity (Wildman–Crippen MR) is 134 cm³/mol. The number of fused-ring (bicyclic) bond motifs is 1. The summed E-state index contributed by atoms with van der Waals surface area (Å²) in [5.74, 6) is 1.72. The molecule has 0 fully saturated rings. The maximum absolute atomic E-state index is 6.33. The lowest BCUT2D eigenvalue weighted by molar-refractivity contribution is 0.0925. The summed E-state index contributed by atoms with van der Waals surface area (Å²) >= 11 is 12.4. The molecule has 0 bridgehead atoms. The van der Waals surface area contributed by atoms with Gasteiger partial charge >= 0.3 is 0 Å². The molecule has 6 nitrogen and oxygen atoms in total. The van der Waals surface area contributed by atoms with Gasteiger partial charge in [0.15, 0.2) is 11.5 Å². The quantitative estimate of drug-likeness (QED) is 0.305. The lowest BCUT2D eigenvalue weighted by atomic mass is 10.1. The van der Waals surface area contributed by atoms with E-state index in [-0.39, 0.29) is 0 Å². The minimum absolute atomic E-state index is 0.313. The number of hydrogen-bond acceptors (Lipinski definition) is 6. The summed E-state index contributed by atoms with van der Waals surface area (Å²) in [6.45, 7) is 5.85. The van der Waals surface area contributed by atoms with Gasteiger partial charge in [-0.15, -0.1) is 0 Å². The van der Waals surface area contributed by atoms with Gasteiger partial charge < -0.3 is 10.1 Å². The second kappa shape index (κ2) is 10.9. The van der Waals surface area contributed by atoms with Gasteiger partial charge in [-0.05, 0) is 54.3 Å². The maximum Gasteiger partial charge on any atom is 0.165 e. The molecule has 33 heavy (non-hydrogen) atoms. The molecule has 1 aromatic carbocycles. The molecule has 4 aromatic rings. The van der Waals surface area contributed by atoms with Crippen LogP contribution >= 0.6 is 23.2 Å². The monoisotopic (exact) mass is 481 g/mol. The SMILES string of the molecule is CC(C)COCc1nc(NCCc2cccc(Cl)c2)c2ccc(-c3ncccc3Cl)nc2n1. The number of anilines is 1. The van der Waals surface area contributed by atoms with Crippen molar-refractivity contribution in [1.29, 1.82) is 0 Å². The van der Waals surface area contributed by atoms with Crippen LogP contribution in [0.25, 0.3) is 22.4 Å². The third-order valence-electron chi connectivity index (χ3n) is 4.88. The molecule has 0 saturated carbocycles. The number of aromatic nitrogens is 4. The van der Waals surface area contributed by atoms with Crippen LogP contribution in [0.15, 0.2) is 54.7 Å². The lowest BCUT2D eigenvalue weighted by Crippen LogP contribution is -2.11. The van der Waals surface area contributed by atoms with E-state index < -0.39 is 0 Å². The van der Waals surface area contributed by atoms with Crippen LogP contribution < -0.4 is 5.32 Å². The fourth-order valence-corrected chi connectivity index (χ4v) is 3.80. The first-order valence-electron chi connectivity index (χ1n) is 10.8. The molecule has 3 aromatic heterocycles. The number of benzene rings is 1.